The third kappa shape index (κ3) is 6.70. The molecule has 0 aliphatic carbocycles. The average molecular weight is 319 g/mol. The molecule has 3 N–H and O–H groups in total. The van der Waals surface area contributed by atoms with Crippen LogP contribution in [0.1, 0.15) is 43.1 Å². The lowest BCUT2D eigenvalue weighted by molar-refractivity contribution is 0.0527. The molecule has 0 saturated carbocycles. The molecule has 1 aromatic rings. The number of nitrogens with two attached hydrogens (primary N) is 1. The fraction of sp³-hybridized carbons (Fsp3) is 0.438. The van der Waals surface area contributed by atoms with Crippen molar-refractivity contribution in [2.75, 3.05) is 19.4 Å². The van der Waals surface area contributed by atoms with Crippen molar-refractivity contribution in [2.45, 2.75) is 32.8 Å². The molecule has 7 nitrogen and oxygen atoms in total. The Hall–Kier alpha value is -2.75. The van der Waals surface area contributed by atoms with Gasteiger partial charge in [0.2, 0.25) is 0 Å². The molecule has 1 amide bonds. The van der Waals surface area contributed by atoms with E-state index in [2.05, 4.69) is 26.9 Å². The molecule has 124 valence electrons. The number of methoxy groups -OCH3 is 1. The minimum Gasteiger partial charge on any atom is -0.465 e. The van der Waals surface area contributed by atoms with E-state index in [4.69, 9.17) is 10.5 Å². The van der Waals surface area contributed by atoms with Crippen molar-refractivity contribution < 1.29 is 19.1 Å². The lowest BCUT2D eigenvalue weighted by Crippen LogP contribution is -2.32. The zero-order valence-corrected chi connectivity index (χ0v) is 13.7. The van der Waals surface area contributed by atoms with Gasteiger partial charge in [0.25, 0.3) is 0 Å². The Morgan fingerprint density at radius 2 is 2.09 bits per heavy atom. The van der Waals surface area contributed by atoms with Gasteiger partial charge in [0.15, 0.2) is 0 Å². The number of carbonyl (C=O) groups is 2. The molecule has 0 spiro atoms. The summed E-state index contributed by atoms with van der Waals surface area (Å²) in [7, 11) is 1.27. The van der Waals surface area contributed by atoms with E-state index in [-0.39, 0.29) is 11.4 Å². The second kappa shape index (κ2) is 8.03. The number of nitrogens with zero attached hydrogens (tertiary/aromatic N) is 1. The van der Waals surface area contributed by atoms with Gasteiger partial charge in [0.1, 0.15) is 17.0 Å². The quantitative estimate of drug-likeness (QED) is 0.499. The molecule has 0 saturated heterocycles. The van der Waals surface area contributed by atoms with E-state index in [0.717, 1.165) is 0 Å². The molecular formula is C16H21N3O4. The highest BCUT2D eigenvalue weighted by Gasteiger charge is 2.15. The minimum atomic E-state index is -0.565. The number of pyridine rings is 1. The Balaban J connectivity index is 2.54. The van der Waals surface area contributed by atoms with E-state index in [0.29, 0.717) is 18.5 Å². The molecule has 0 aliphatic rings. The number of nitrogens with one attached hydrogen (secondary N) is 1. The Morgan fingerprint density at radius 1 is 1.39 bits per heavy atom. The molecule has 0 aliphatic heterocycles. The number of anilines is 1. The van der Waals surface area contributed by atoms with Gasteiger partial charge in [-0.15, -0.1) is 0 Å². The summed E-state index contributed by atoms with van der Waals surface area (Å²) in [6.45, 7) is 5.73. The van der Waals surface area contributed by atoms with Crippen LogP contribution in [0.15, 0.2) is 12.3 Å². The molecule has 0 aromatic carbocycles. The first kappa shape index (κ1) is 18.3. The summed E-state index contributed by atoms with van der Waals surface area (Å²) in [4.78, 5) is 26.8. The average Bonchev–Trinajstić information content (AvgIpc) is 2.45. The van der Waals surface area contributed by atoms with Crippen molar-refractivity contribution in [3.63, 3.8) is 0 Å². The van der Waals surface area contributed by atoms with Crippen LogP contribution < -0.4 is 11.1 Å². The van der Waals surface area contributed by atoms with E-state index >= 15 is 0 Å². The summed E-state index contributed by atoms with van der Waals surface area (Å²) in [5, 5.41) is 2.60. The lowest BCUT2D eigenvalue weighted by atomic mass is 10.2. The highest BCUT2D eigenvalue weighted by Crippen LogP contribution is 2.11. The molecule has 7 heteroatoms. The topological polar surface area (TPSA) is 104 Å². The number of hydrogen-bond donors (Lipinski definition) is 2. The van der Waals surface area contributed by atoms with Crippen molar-refractivity contribution in [3.8, 4) is 11.8 Å². The van der Waals surface area contributed by atoms with Gasteiger partial charge in [-0.3, -0.25) is 0 Å². The summed E-state index contributed by atoms with van der Waals surface area (Å²) < 4.78 is 9.71. The van der Waals surface area contributed by atoms with E-state index in [9.17, 15) is 9.59 Å². The highest BCUT2D eigenvalue weighted by atomic mass is 16.6. The van der Waals surface area contributed by atoms with Gasteiger partial charge in [0, 0.05) is 24.7 Å². The number of nitrogen functional groups attached to an aromatic ring is 1. The third-order valence-electron chi connectivity index (χ3n) is 2.47. The fourth-order valence-corrected chi connectivity index (χ4v) is 1.52. The van der Waals surface area contributed by atoms with Crippen LogP contribution >= 0.6 is 0 Å². The van der Waals surface area contributed by atoms with Gasteiger partial charge >= 0.3 is 12.1 Å². The lowest BCUT2D eigenvalue weighted by Gasteiger charge is -2.19. The number of carbonyl (C=O) groups excluding carboxylic acids is 2. The number of ether oxygens (including phenoxy) is 2. The van der Waals surface area contributed by atoms with Crippen molar-refractivity contribution in [2.24, 2.45) is 0 Å². The van der Waals surface area contributed by atoms with Gasteiger partial charge in [-0.1, -0.05) is 11.8 Å². The second-order valence-corrected chi connectivity index (χ2v) is 5.63. The molecule has 0 bridgehead atoms. The summed E-state index contributed by atoms with van der Waals surface area (Å²) in [6.07, 6.45) is 1.41. The standard InChI is InChI=1S/C16H21N3O4/c1-16(2,3)23-15(21)18-8-6-5-7-11-9-12(14(20)22-4)13(17)19-10-11/h9-10H,6,8H2,1-4H3,(H2,17,19)(H,18,21). The van der Waals surface area contributed by atoms with Crippen molar-refractivity contribution in [3.05, 3.63) is 23.4 Å². The first-order valence-corrected chi connectivity index (χ1v) is 7.02. The van der Waals surface area contributed by atoms with Crippen LogP contribution in [-0.4, -0.2) is 36.3 Å². The molecule has 1 aromatic heterocycles. The SMILES string of the molecule is COC(=O)c1cc(C#CCCNC(=O)OC(C)(C)C)cnc1N. The van der Waals surface area contributed by atoms with Crippen molar-refractivity contribution >= 4 is 17.9 Å². The minimum absolute atomic E-state index is 0.0917. The largest absolute Gasteiger partial charge is 0.465 e. The molecular weight excluding hydrogens is 298 g/mol. The van der Waals surface area contributed by atoms with Crippen LogP contribution in [0.4, 0.5) is 10.6 Å². The maximum absolute atomic E-state index is 11.5. The van der Waals surface area contributed by atoms with Gasteiger partial charge in [0.05, 0.1) is 7.11 Å². The van der Waals surface area contributed by atoms with Gasteiger partial charge in [-0.05, 0) is 26.8 Å². The zero-order valence-electron chi connectivity index (χ0n) is 13.7. The Kier molecular flexibility index (Phi) is 6.39. The Bertz CT molecular complexity index is 639. The fourth-order valence-electron chi connectivity index (χ4n) is 1.52. The predicted molar refractivity (Wildman–Crippen MR) is 85.7 cm³/mol. The van der Waals surface area contributed by atoms with E-state index < -0.39 is 17.7 Å². The smallest absolute Gasteiger partial charge is 0.407 e. The molecule has 0 fully saturated rings. The Morgan fingerprint density at radius 3 is 2.70 bits per heavy atom. The maximum Gasteiger partial charge on any atom is 0.407 e. The summed E-state index contributed by atoms with van der Waals surface area (Å²) in [6, 6.07) is 1.52. The summed E-state index contributed by atoms with van der Waals surface area (Å²) in [5.41, 5.74) is 5.78. The van der Waals surface area contributed by atoms with Crippen LogP contribution in [0.25, 0.3) is 0 Å². The van der Waals surface area contributed by atoms with Crippen molar-refractivity contribution in [1.29, 1.82) is 0 Å². The maximum atomic E-state index is 11.5. The van der Waals surface area contributed by atoms with Crippen LogP contribution in [0, 0.1) is 11.8 Å². The van der Waals surface area contributed by atoms with Gasteiger partial charge < -0.3 is 20.5 Å². The van der Waals surface area contributed by atoms with Crippen LogP contribution in [0.5, 0.6) is 0 Å². The summed E-state index contributed by atoms with van der Waals surface area (Å²) >= 11 is 0. The molecule has 0 radical (unpaired) electrons. The van der Waals surface area contributed by atoms with Crippen molar-refractivity contribution in [1.82, 2.24) is 10.3 Å². The van der Waals surface area contributed by atoms with Crippen LogP contribution in [0.2, 0.25) is 0 Å². The third-order valence-corrected chi connectivity index (χ3v) is 2.47. The number of alkyl carbamates (subject to hydrolysis) is 1. The second-order valence-electron chi connectivity index (χ2n) is 5.63. The molecule has 0 atom stereocenters. The number of aromatic nitrogens is 1. The van der Waals surface area contributed by atoms with Crippen LogP contribution in [-0.2, 0) is 9.47 Å². The number of rotatable bonds is 3. The van der Waals surface area contributed by atoms with Crippen LogP contribution in [0.3, 0.4) is 0 Å². The van der Waals surface area contributed by atoms with E-state index in [1.165, 1.54) is 19.4 Å². The number of esters is 1. The molecule has 23 heavy (non-hydrogen) atoms. The first-order valence-electron chi connectivity index (χ1n) is 7.02. The monoisotopic (exact) mass is 319 g/mol. The molecule has 1 heterocycles. The summed E-state index contributed by atoms with van der Waals surface area (Å²) in [5.74, 6) is 5.24. The normalized spacial score (nSPS) is 10.3. The molecule has 0 unspecified atom stereocenters. The number of hydrogen-bond acceptors (Lipinski definition) is 6. The van der Waals surface area contributed by atoms with E-state index in [1.807, 2.05) is 0 Å². The van der Waals surface area contributed by atoms with Gasteiger partial charge in [-0.25, -0.2) is 14.6 Å². The Labute approximate surface area is 135 Å². The molecule has 1 rings (SSSR count). The van der Waals surface area contributed by atoms with E-state index in [1.54, 1.807) is 20.8 Å². The van der Waals surface area contributed by atoms with Gasteiger partial charge in [-0.2, -0.15) is 0 Å². The number of amides is 1. The predicted octanol–water partition coefficient (Wildman–Crippen LogP) is 1.72. The zero-order chi connectivity index (χ0) is 17.5. The first-order chi connectivity index (χ1) is 10.7. The highest BCUT2D eigenvalue weighted by molar-refractivity contribution is 5.94.